The fraction of sp³-hybridized carbons (Fsp3) is 0.143. The zero-order valence-corrected chi connectivity index (χ0v) is 11.9. The first kappa shape index (κ1) is 13.9. The molecule has 98 valence electrons. The largest absolute Gasteiger partial charge is 0.310 e. The third kappa shape index (κ3) is 4.26. The highest BCUT2D eigenvalue weighted by molar-refractivity contribution is 8.00. The molecule has 0 unspecified atom stereocenters. The van der Waals surface area contributed by atoms with Gasteiger partial charge in [0.2, 0.25) is 5.91 Å². The Morgan fingerprint density at radius 2 is 2.00 bits per heavy atom. The van der Waals surface area contributed by atoms with E-state index in [4.69, 9.17) is 11.6 Å². The molecule has 1 N–H and O–H groups in total. The second-order valence-electron chi connectivity index (χ2n) is 3.92. The first-order valence-electron chi connectivity index (χ1n) is 5.79. The Balaban J connectivity index is 1.94. The van der Waals surface area contributed by atoms with E-state index in [9.17, 15) is 4.79 Å². The van der Waals surface area contributed by atoms with Gasteiger partial charge in [0.25, 0.3) is 0 Å². The third-order valence-corrected chi connectivity index (χ3v) is 3.78. The molecule has 0 bridgehead atoms. The Morgan fingerprint density at radius 1 is 1.26 bits per heavy atom. The lowest BCUT2D eigenvalue weighted by Crippen LogP contribution is -2.22. The number of carbonyl (C=O) groups is 1. The number of nitrogens with zero attached hydrogens (tertiary/aromatic N) is 1. The normalized spacial score (nSPS) is 11.9. The predicted molar refractivity (Wildman–Crippen MR) is 79.6 cm³/mol. The van der Waals surface area contributed by atoms with E-state index in [2.05, 4.69) is 10.3 Å². The van der Waals surface area contributed by atoms with Crippen LogP contribution in [-0.4, -0.2) is 16.1 Å². The maximum Gasteiger partial charge on any atom is 0.238 e. The van der Waals surface area contributed by atoms with Crippen molar-refractivity contribution in [2.75, 3.05) is 5.32 Å². The van der Waals surface area contributed by atoms with Crippen molar-refractivity contribution in [3.8, 4) is 0 Å². The van der Waals surface area contributed by atoms with E-state index < -0.39 is 0 Å². The number of halogens is 1. The highest BCUT2D eigenvalue weighted by Gasteiger charge is 2.14. The van der Waals surface area contributed by atoms with Gasteiger partial charge < -0.3 is 5.32 Å². The lowest BCUT2D eigenvalue weighted by atomic mass is 10.4. The van der Waals surface area contributed by atoms with Gasteiger partial charge in [0, 0.05) is 16.1 Å². The first-order chi connectivity index (χ1) is 9.15. The van der Waals surface area contributed by atoms with Crippen molar-refractivity contribution in [1.82, 2.24) is 4.98 Å². The number of benzene rings is 1. The minimum atomic E-state index is -0.205. The molecule has 0 aliphatic carbocycles. The molecule has 1 aromatic heterocycles. The number of pyridine rings is 1. The molecule has 0 radical (unpaired) electrons. The monoisotopic (exact) mass is 292 g/mol. The highest BCUT2D eigenvalue weighted by Crippen LogP contribution is 2.25. The van der Waals surface area contributed by atoms with Crippen LogP contribution in [0.2, 0.25) is 5.02 Å². The lowest BCUT2D eigenvalue weighted by Gasteiger charge is -2.11. The van der Waals surface area contributed by atoms with E-state index in [1.807, 2.05) is 43.3 Å². The fourth-order valence-corrected chi connectivity index (χ4v) is 2.43. The number of carbonyl (C=O) groups excluding carboxylic acids is 1. The number of rotatable bonds is 4. The lowest BCUT2D eigenvalue weighted by molar-refractivity contribution is -0.115. The summed E-state index contributed by atoms with van der Waals surface area (Å²) in [6.07, 6.45) is 1.65. The van der Waals surface area contributed by atoms with Crippen molar-refractivity contribution in [3.05, 3.63) is 53.7 Å². The quantitative estimate of drug-likeness (QED) is 0.870. The van der Waals surface area contributed by atoms with E-state index in [0.29, 0.717) is 10.8 Å². The fourth-order valence-electron chi connectivity index (χ4n) is 1.44. The minimum Gasteiger partial charge on any atom is -0.310 e. The van der Waals surface area contributed by atoms with Crippen LogP contribution in [0.3, 0.4) is 0 Å². The van der Waals surface area contributed by atoms with Gasteiger partial charge in [-0.15, -0.1) is 11.8 Å². The van der Waals surface area contributed by atoms with Crippen molar-refractivity contribution in [2.45, 2.75) is 17.1 Å². The minimum absolute atomic E-state index is 0.0707. The Labute approximate surface area is 121 Å². The molecule has 0 aliphatic rings. The Kier molecular flexibility index (Phi) is 4.82. The Bertz CT molecular complexity index is 545. The molecule has 0 spiro atoms. The number of aromatic nitrogens is 1. The number of nitrogens with one attached hydrogen (secondary N) is 1. The molecule has 19 heavy (non-hydrogen) atoms. The Hall–Kier alpha value is -1.52. The van der Waals surface area contributed by atoms with Crippen molar-refractivity contribution in [2.24, 2.45) is 0 Å². The molecule has 1 aromatic carbocycles. The van der Waals surface area contributed by atoms with Gasteiger partial charge >= 0.3 is 0 Å². The summed E-state index contributed by atoms with van der Waals surface area (Å²) < 4.78 is 0. The second-order valence-corrected chi connectivity index (χ2v) is 5.77. The molecule has 1 heterocycles. The van der Waals surface area contributed by atoms with E-state index in [-0.39, 0.29) is 11.2 Å². The average Bonchev–Trinajstić information content (AvgIpc) is 2.42. The van der Waals surface area contributed by atoms with Gasteiger partial charge in [-0.25, -0.2) is 4.98 Å². The van der Waals surface area contributed by atoms with Crippen molar-refractivity contribution in [3.63, 3.8) is 0 Å². The SMILES string of the molecule is C[C@@H](Sc1ccc(Cl)cc1)C(=O)Nc1ccccn1. The molecule has 2 aromatic rings. The van der Waals surface area contributed by atoms with Gasteiger partial charge in [0.05, 0.1) is 5.25 Å². The van der Waals surface area contributed by atoms with Gasteiger partial charge in [-0.1, -0.05) is 17.7 Å². The highest BCUT2D eigenvalue weighted by atomic mass is 35.5. The number of amides is 1. The van der Waals surface area contributed by atoms with Crippen molar-refractivity contribution in [1.29, 1.82) is 0 Å². The molecule has 1 atom stereocenters. The number of hydrogen-bond acceptors (Lipinski definition) is 3. The summed E-state index contributed by atoms with van der Waals surface area (Å²) >= 11 is 7.30. The maximum atomic E-state index is 12.0. The van der Waals surface area contributed by atoms with E-state index in [1.54, 1.807) is 12.3 Å². The molecule has 0 fully saturated rings. The summed E-state index contributed by atoms with van der Waals surface area (Å²) in [4.78, 5) is 17.1. The summed E-state index contributed by atoms with van der Waals surface area (Å²) in [5.74, 6) is 0.495. The van der Waals surface area contributed by atoms with Crippen LogP contribution in [0.1, 0.15) is 6.92 Å². The summed E-state index contributed by atoms with van der Waals surface area (Å²) in [6, 6.07) is 12.8. The molecule has 2 rings (SSSR count). The Morgan fingerprint density at radius 3 is 2.63 bits per heavy atom. The average molecular weight is 293 g/mol. The zero-order chi connectivity index (χ0) is 13.7. The standard InChI is InChI=1S/C14H13ClN2OS/c1-10(19-12-7-5-11(15)6-8-12)14(18)17-13-4-2-3-9-16-13/h2-10H,1H3,(H,16,17,18)/t10-/m1/s1. The number of thioether (sulfide) groups is 1. The zero-order valence-electron chi connectivity index (χ0n) is 10.3. The molecule has 5 heteroatoms. The smallest absolute Gasteiger partial charge is 0.238 e. The summed E-state index contributed by atoms with van der Waals surface area (Å²) in [6.45, 7) is 1.86. The van der Waals surface area contributed by atoms with E-state index >= 15 is 0 Å². The van der Waals surface area contributed by atoms with Crippen LogP contribution in [0, 0.1) is 0 Å². The molecule has 3 nitrogen and oxygen atoms in total. The molecule has 1 amide bonds. The van der Waals surface area contributed by atoms with Crippen molar-refractivity contribution >= 4 is 35.1 Å². The van der Waals surface area contributed by atoms with Gasteiger partial charge in [0.1, 0.15) is 5.82 Å². The third-order valence-electron chi connectivity index (χ3n) is 2.41. The van der Waals surface area contributed by atoms with Gasteiger partial charge in [0.15, 0.2) is 0 Å². The summed E-state index contributed by atoms with van der Waals surface area (Å²) in [7, 11) is 0. The van der Waals surface area contributed by atoms with Crippen LogP contribution in [-0.2, 0) is 4.79 Å². The van der Waals surface area contributed by atoms with Crippen LogP contribution in [0.15, 0.2) is 53.6 Å². The predicted octanol–water partition coefficient (Wildman–Crippen LogP) is 3.85. The molecule has 0 aliphatic heterocycles. The van der Waals surface area contributed by atoms with Crippen LogP contribution >= 0.6 is 23.4 Å². The van der Waals surface area contributed by atoms with Gasteiger partial charge in [-0.3, -0.25) is 4.79 Å². The molecular weight excluding hydrogens is 280 g/mol. The maximum absolute atomic E-state index is 12.0. The van der Waals surface area contributed by atoms with Gasteiger partial charge in [-0.2, -0.15) is 0 Å². The van der Waals surface area contributed by atoms with Crippen LogP contribution < -0.4 is 5.32 Å². The van der Waals surface area contributed by atoms with E-state index in [1.165, 1.54) is 11.8 Å². The summed E-state index contributed by atoms with van der Waals surface area (Å²) in [5.41, 5.74) is 0. The van der Waals surface area contributed by atoms with Crippen molar-refractivity contribution < 1.29 is 4.79 Å². The van der Waals surface area contributed by atoms with E-state index in [0.717, 1.165) is 4.90 Å². The number of hydrogen-bond donors (Lipinski definition) is 1. The summed E-state index contributed by atoms with van der Waals surface area (Å²) in [5, 5.41) is 3.26. The molecule has 0 saturated heterocycles. The van der Waals surface area contributed by atoms with Crippen LogP contribution in [0.4, 0.5) is 5.82 Å². The first-order valence-corrected chi connectivity index (χ1v) is 7.05. The molecule has 0 saturated carbocycles. The van der Waals surface area contributed by atoms with Gasteiger partial charge in [-0.05, 0) is 43.3 Å². The van der Waals surface area contributed by atoms with Crippen LogP contribution in [0.5, 0.6) is 0 Å². The topological polar surface area (TPSA) is 42.0 Å². The van der Waals surface area contributed by atoms with Crippen LogP contribution in [0.25, 0.3) is 0 Å². The number of anilines is 1. The second kappa shape index (κ2) is 6.59. The molecular formula is C14H13ClN2OS.